The molecule has 2 fully saturated rings. The van der Waals surface area contributed by atoms with Gasteiger partial charge in [0.2, 0.25) is 0 Å². The van der Waals surface area contributed by atoms with Crippen LogP contribution in [0.3, 0.4) is 0 Å². The Balaban J connectivity index is 1.67. The largest absolute Gasteiger partial charge is 0.479 e. The summed E-state index contributed by atoms with van der Waals surface area (Å²) in [6.45, 7) is 11.0. The van der Waals surface area contributed by atoms with E-state index in [9.17, 15) is 4.79 Å². The summed E-state index contributed by atoms with van der Waals surface area (Å²) >= 11 is 0. The fourth-order valence-electron chi connectivity index (χ4n) is 2.98. The summed E-state index contributed by atoms with van der Waals surface area (Å²) in [6, 6.07) is 0. The lowest BCUT2D eigenvalue weighted by atomic mass is 10.1. The Kier molecular flexibility index (Phi) is 5.19. The van der Waals surface area contributed by atoms with Crippen LogP contribution in [0.5, 0.6) is 0 Å². The molecule has 0 spiro atoms. The summed E-state index contributed by atoms with van der Waals surface area (Å²) in [5.41, 5.74) is 0. The molecule has 0 aromatic heterocycles. The van der Waals surface area contributed by atoms with Gasteiger partial charge >= 0.3 is 5.97 Å². The zero-order valence-electron chi connectivity index (χ0n) is 12.0. The molecular weight excluding hydrogens is 244 g/mol. The third-order valence-corrected chi connectivity index (χ3v) is 3.93. The van der Waals surface area contributed by atoms with Crippen LogP contribution < -0.4 is 0 Å². The average Bonchev–Trinajstić information content (AvgIpc) is 2.80. The zero-order valence-corrected chi connectivity index (χ0v) is 12.0. The normalized spacial score (nSPS) is 30.1. The van der Waals surface area contributed by atoms with E-state index < -0.39 is 12.1 Å². The van der Waals surface area contributed by atoms with E-state index in [1.807, 2.05) is 0 Å². The van der Waals surface area contributed by atoms with Gasteiger partial charge in [0.25, 0.3) is 0 Å². The number of carbonyl (C=O) groups is 1. The first kappa shape index (κ1) is 14.8. The quantitative estimate of drug-likeness (QED) is 0.804. The van der Waals surface area contributed by atoms with Crippen LogP contribution in [0.25, 0.3) is 0 Å². The van der Waals surface area contributed by atoms with E-state index in [0.29, 0.717) is 6.42 Å². The van der Waals surface area contributed by atoms with Crippen LogP contribution in [0.15, 0.2) is 0 Å². The Morgan fingerprint density at radius 2 is 1.84 bits per heavy atom. The molecule has 19 heavy (non-hydrogen) atoms. The molecule has 2 aliphatic heterocycles. The molecule has 2 atom stereocenters. The Hall–Kier alpha value is -0.650. The predicted octanol–water partition coefficient (Wildman–Crippen LogP) is 0.892. The molecular formula is C14H26N2O3. The number of hydrogen-bond donors (Lipinski definition) is 1. The van der Waals surface area contributed by atoms with E-state index >= 15 is 0 Å². The zero-order chi connectivity index (χ0) is 13.8. The highest BCUT2D eigenvalue weighted by atomic mass is 16.5. The number of ether oxygens (including phenoxy) is 1. The van der Waals surface area contributed by atoms with Crippen LogP contribution in [0.4, 0.5) is 0 Å². The van der Waals surface area contributed by atoms with Gasteiger partial charge in [0.1, 0.15) is 0 Å². The van der Waals surface area contributed by atoms with Gasteiger partial charge in [0.05, 0.1) is 6.10 Å². The first-order chi connectivity index (χ1) is 9.04. The van der Waals surface area contributed by atoms with Crippen molar-refractivity contribution in [1.29, 1.82) is 0 Å². The number of piperazine rings is 1. The summed E-state index contributed by atoms with van der Waals surface area (Å²) in [7, 11) is 0. The maximum Gasteiger partial charge on any atom is 0.332 e. The molecule has 2 saturated heterocycles. The van der Waals surface area contributed by atoms with Gasteiger partial charge in [-0.3, -0.25) is 4.90 Å². The molecule has 2 heterocycles. The monoisotopic (exact) mass is 270 g/mol. The fourth-order valence-corrected chi connectivity index (χ4v) is 2.98. The molecule has 0 radical (unpaired) electrons. The Morgan fingerprint density at radius 1 is 1.21 bits per heavy atom. The molecule has 0 aromatic carbocycles. The molecule has 5 heteroatoms. The highest BCUT2D eigenvalue weighted by Crippen LogP contribution is 2.21. The molecule has 2 rings (SSSR count). The lowest BCUT2D eigenvalue weighted by Gasteiger charge is -2.36. The molecule has 5 nitrogen and oxygen atoms in total. The van der Waals surface area contributed by atoms with Gasteiger partial charge in [-0.05, 0) is 18.8 Å². The molecule has 2 aliphatic rings. The number of rotatable bonds is 5. The van der Waals surface area contributed by atoms with Crippen LogP contribution in [0, 0.1) is 5.92 Å². The molecule has 0 aliphatic carbocycles. The summed E-state index contributed by atoms with van der Waals surface area (Å²) in [5.74, 6) is -0.0923. The summed E-state index contributed by atoms with van der Waals surface area (Å²) in [4.78, 5) is 15.8. The second-order valence-electron chi connectivity index (χ2n) is 6.16. The Morgan fingerprint density at radius 3 is 2.37 bits per heavy atom. The van der Waals surface area contributed by atoms with E-state index in [4.69, 9.17) is 9.84 Å². The van der Waals surface area contributed by atoms with Crippen LogP contribution in [-0.4, -0.2) is 72.4 Å². The number of hydrogen-bond acceptors (Lipinski definition) is 4. The fraction of sp³-hybridized carbons (Fsp3) is 0.929. The van der Waals surface area contributed by atoms with Crippen LogP contribution >= 0.6 is 0 Å². The van der Waals surface area contributed by atoms with Gasteiger partial charge in [-0.15, -0.1) is 0 Å². The Labute approximate surface area is 115 Å². The van der Waals surface area contributed by atoms with Crippen molar-refractivity contribution in [3.05, 3.63) is 0 Å². The van der Waals surface area contributed by atoms with Gasteiger partial charge in [-0.25, -0.2) is 4.79 Å². The average molecular weight is 270 g/mol. The summed E-state index contributed by atoms with van der Waals surface area (Å²) in [5, 5.41) is 8.91. The van der Waals surface area contributed by atoms with Crippen LogP contribution in [0.1, 0.15) is 26.7 Å². The first-order valence-electron chi connectivity index (χ1n) is 7.37. The standard InChI is InChI=1S/C14H26N2O3/c1-11(2)9-15-5-7-16(8-6-15)10-12-3-4-13(19-12)14(17)18/h11-13H,3-10H2,1-2H3,(H,17,18)/t12-,13+/m0/s1. The number of carboxylic acids is 1. The van der Waals surface area contributed by atoms with Gasteiger partial charge in [0, 0.05) is 39.3 Å². The predicted molar refractivity (Wildman–Crippen MR) is 73.2 cm³/mol. The van der Waals surface area contributed by atoms with E-state index in [-0.39, 0.29) is 6.10 Å². The number of nitrogens with zero attached hydrogens (tertiary/aromatic N) is 2. The van der Waals surface area contributed by atoms with E-state index in [1.54, 1.807) is 0 Å². The molecule has 0 unspecified atom stereocenters. The minimum Gasteiger partial charge on any atom is -0.479 e. The number of carboxylic acid groups (broad SMARTS) is 1. The lowest BCUT2D eigenvalue weighted by molar-refractivity contribution is -0.149. The molecule has 110 valence electrons. The van der Waals surface area contributed by atoms with Gasteiger partial charge in [-0.2, -0.15) is 0 Å². The van der Waals surface area contributed by atoms with Gasteiger partial charge < -0.3 is 14.7 Å². The minimum atomic E-state index is -0.816. The molecule has 0 amide bonds. The van der Waals surface area contributed by atoms with Crippen LogP contribution in [-0.2, 0) is 9.53 Å². The van der Waals surface area contributed by atoms with Crippen molar-refractivity contribution in [3.63, 3.8) is 0 Å². The smallest absolute Gasteiger partial charge is 0.332 e. The van der Waals surface area contributed by atoms with Crippen molar-refractivity contribution in [2.24, 2.45) is 5.92 Å². The van der Waals surface area contributed by atoms with Crippen molar-refractivity contribution in [2.45, 2.75) is 38.9 Å². The van der Waals surface area contributed by atoms with Gasteiger partial charge in [0.15, 0.2) is 6.10 Å². The Bertz CT molecular complexity index is 301. The van der Waals surface area contributed by atoms with Crippen molar-refractivity contribution < 1.29 is 14.6 Å². The van der Waals surface area contributed by atoms with Gasteiger partial charge in [-0.1, -0.05) is 13.8 Å². The summed E-state index contributed by atoms with van der Waals surface area (Å²) < 4.78 is 5.56. The van der Waals surface area contributed by atoms with E-state index in [2.05, 4.69) is 23.6 Å². The highest BCUT2D eigenvalue weighted by molar-refractivity contribution is 5.72. The lowest BCUT2D eigenvalue weighted by Crippen LogP contribution is -2.49. The van der Waals surface area contributed by atoms with Crippen molar-refractivity contribution >= 4 is 5.97 Å². The SMILES string of the molecule is CC(C)CN1CCN(C[C@@H]2CC[C@H](C(=O)O)O2)CC1. The molecule has 0 bridgehead atoms. The topological polar surface area (TPSA) is 53.0 Å². The number of aliphatic carboxylic acids is 1. The third kappa shape index (κ3) is 4.44. The second-order valence-corrected chi connectivity index (χ2v) is 6.16. The highest BCUT2D eigenvalue weighted by Gasteiger charge is 2.32. The maximum absolute atomic E-state index is 10.8. The molecule has 1 N–H and O–H groups in total. The van der Waals surface area contributed by atoms with Crippen molar-refractivity contribution in [2.75, 3.05) is 39.3 Å². The minimum absolute atomic E-state index is 0.109. The second kappa shape index (κ2) is 6.68. The van der Waals surface area contributed by atoms with Crippen molar-refractivity contribution in [1.82, 2.24) is 9.80 Å². The van der Waals surface area contributed by atoms with E-state index in [1.165, 1.54) is 6.54 Å². The van der Waals surface area contributed by atoms with Crippen molar-refractivity contribution in [3.8, 4) is 0 Å². The maximum atomic E-state index is 10.8. The van der Waals surface area contributed by atoms with E-state index in [0.717, 1.165) is 45.1 Å². The first-order valence-corrected chi connectivity index (χ1v) is 7.37. The molecule has 0 saturated carbocycles. The third-order valence-electron chi connectivity index (χ3n) is 3.93. The molecule has 0 aromatic rings. The van der Waals surface area contributed by atoms with Crippen LogP contribution in [0.2, 0.25) is 0 Å². The summed E-state index contributed by atoms with van der Waals surface area (Å²) in [6.07, 6.45) is 1.07.